The van der Waals surface area contributed by atoms with Gasteiger partial charge >= 0.3 is 0 Å². The third-order valence-electron chi connectivity index (χ3n) is 4.21. The van der Waals surface area contributed by atoms with Crippen molar-refractivity contribution < 1.29 is 9.18 Å². The highest BCUT2D eigenvalue weighted by atomic mass is 35.5. The summed E-state index contributed by atoms with van der Waals surface area (Å²) in [6.07, 6.45) is 1.91. The van der Waals surface area contributed by atoms with Crippen molar-refractivity contribution in [3.8, 4) is 0 Å². The third kappa shape index (κ3) is 5.92. The molecule has 0 aliphatic carbocycles. The minimum atomic E-state index is -0.396. The van der Waals surface area contributed by atoms with Gasteiger partial charge in [0.25, 0.3) is 5.91 Å². The number of rotatable bonds is 7. The Kier molecular flexibility index (Phi) is 10.2. The van der Waals surface area contributed by atoms with Crippen LogP contribution in [0.15, 0.2) is 29.6 Å². The standard InChI is InChI=1S/C17H22FN3OS.2ClH/c1-3-17(4-2,11-19)21-16(22)14-10-23-15(20-14)9-12-7-5-6-8-13(12)18;;/h5-8,10H,3-4,9,11,19H2,1-2H3,(H,21,22);2*1H. The maximum Gasteiger partial charge on any atom is 0.271 e. The van der Waals surface area contributed by atoms with Crippen molar-refractivity contribution in [2.75, 3.05) is 6.54 Å². The Morgan fingerprint density at radius 3 is 2.48 bits per heavy atom. The summed E-state index contributed by atoms with van der Waals surface area (Å²) >= 11 is 1.36. The number of nitrogens with two attached hydrogens (primary N) is 1. The van der Waals surface area contributed by atoms with Crippen molar-refractivity contribution in [2.45, 2.75) is 38.6 Å². The molecule has 140 valence electrons. The van der Waals surface area contributed by atoms with E-state index in [9.17, 15) is 9.18 Å². The van der Waals surface area contributed by atoms with Gasteiger partial charge in [0.15, 0.2) is 0 Å². The largest absolute Gasteiger partial charge is 0.344 e. The van der Waals surface area contributed by atoms with E-state index in [0.717, 1.165) is 12.8 Å². The zero-order chi connectivity index (χ0) is 16.9. The van der Waals surface area contributed by atoms with Gasteiger partial charge in [0, 0.05) is 18.3 Å². The molecule has 1 heterocycles. The first-order valence-electron chi connectivity index (χ1n) is 7.74. The SMILES string of the molecule is CCC(CC)(CN)NC(=O)c1csc(Cc2ccccc2F)n1.Cl.Cl. The van der Waals surface area contributed by atoms with Crippen LogP contribution in [0.25, 0.3) is 0 Å². The fraction of sp³-hybridized carbons (Fsp3) is 0.412. The highest BCUT2D eigenvalue weighted by Crippen LogP contribution is 2.19. The number of carbonyl (C=O) groups excluding carboxylic acids is 1. The first-order valence-corrected chi connectivity index (χ1v) is 8.62. The molecule has 0 fully saturated rings. The van der Waals surface area contributed by atoms with Crippen molar-refractivity contribution in [3.63, 3.8) is 0 Å². The van der Waals surface area contributed by atoms with Crippen LogP contribution in [0.2, 0.25) is 0 Å². The fourth-order valence-electron chi connectivity index (χ4n) is 2.37. The van der Waals surface area contributed by atoms with Gasteiger partial charge < -0.3 is 11.1 Å². The summed E-state index contributed by atoms with van der Waals surface area (Å²) < 4.78 is 13.7. The summed E-state index contributed by atoms with van der Waals surface area (Å²) in [5.74, 6) is -0.483. The zero-order valence-corrected chi connectivity index (χ0v) is 16.7. The molecule has 0 spiro atoms. The summed E-state index contributed by atoms with van der Waals surface area (Å²) in [5, 5.41) is 5.41. The Morgan fingerprint density at radius 2 is 1.92 bits per heavy atom. The van der Waals surface area contributed by atoms with Gasteiger partial charge in [0.05, 0.1) is 10.5 Å². The van der Waals surface area contributed by atoms with Crippen LogP contribution in [0, 0.1) is 5.82 Å². The molecule has 0 aliphatic heterocycles. The summed E-state index contributed by atoms with van der Waals surface area (Å²) in [7, 11) is 0. The number of aromatic nitrogens is 1. The van der Waals surface area contributed by atoms with E-state index < -0.39 is 5.54 Å². The van der Waals surface area contributed by atoms with Gasteiger partial charge in [-0.05, 0) is 24.5 Å². The quantitative estimate of drug-likeness (QED) is 0.729. The highest BCUT2D eigenvalue weighted by molar-refractivity contribution is 7.09. The molecule has 1 aromatic heterocycles. The molecule has 0 unspecified atom stereocenters. The number of hydrogen-bond acceptors (Lipinski definition) is 4. The number of halogens is 3. The average molecular weight is 408 g/mol. The number of nitrogens with one attached hydrogen (secondary N) is 1. The van der Waals surface area contributed by atoms with Crippen LogP contribution < -0.4 is 11.1 Å². The topological polar surface area (TPSA) is 68.0 Å². The summed E-state index contributed by atoms with van der Waals surface area (Å²) in [6, 6.07) is 6.60. The van der Waals surface area contributed by atoms with E-state index in [1.807, 2.05) is 13.8 Å². The molecule has 0 bridgehead atoms. The molecule has 0 saturated carbocycles. The van der Waals surface area contributed by atoms with Crippen molar-refractivity contribution >= 4 is 42.1 Å². The van der Waals surface area contributed by atoms with Crippen molar-refractivity contribution in [1.82, 2.24) is 10.3 Å². The monoisotopic (exact) mass is 407 g/mol. The van der Waals surface area contributed by atoms with Gasteiger partial charge in [-0.2, -0.15) is 0 Å². The smallest absolute Gasteiger partial charge is 0.271 e. The first-order chi connectivity index (χ1) is 11.0. The van der Waals surface area contributed by atoms with E-state index in [4.69, 9.17) is 5.73 Å². The molecule has 0 atom stereocenters. The zero-order valence-electron chi connectivity index (χ0n) is 14.3. The summed E-state index contributed by atoms with van der Waals surface area (Å²) in [6.45, 7) is 4.39. The van der Waals surface area contributed by atoms with E-state index in [1.54, 1.807) is 23.6 Å². The molecule has 4 nitrogen and oxygen atoms in total. The first kappa shape index (κ1) is 23.8. The Hall–Kier alpha value is -1.21. The molecule has 0 saturated heterocycles. The Balaban J connectivity index is 0.00000288. The lowest BCUT2D eigenvalue weighted by atomic mass is 9.93. The second kappa shape index (κ2) is 10.7. The van der Waals surface area contributed by atoms with Crippen LogP contribution in [-0.4, -0.2) is 23.0 Å². The number of benzene rings is 1. The van der Waals surface area contributed by atoms with Gasteiger partial charge in [0.2, 0.25) is 0 Å². The Bertz CT molecular complexity index is 669. The molecule has 2 aromatic rings. The third-order valence-corrected chi connectivity index (χ3v) is 5.06. The molecule has 0 radical (unpaired) electrons. The van der Waals surface area contributed by atoms with Gasteiger partial charge in [-0.1, -0.05) is 32.0 Å². The normalized spacial score (nSPS) is 10.6. The average Bonchev–Trinajstić information content (AvgIpc) is 3.03. The molecule has 3 N–H and O–H groups in total. The van der Waals surface area contributed by atoms with Gasteiger partial charge in [-0.15, -0.1) is 36.2 Å². The van der Waals surface area contributed by atoms with Crippen LogP contribution >= 0.6 is 36.2 Å². The van der Waals surface area contributed by atoms with E-state index >= 15 is 0 Å². The van der Waals surface area contributed by atoms with E-state index in [0.29, 0.717) is 29.2 Å². The molecule has 0 aliphatic rings. The van der Waals surface area contributed by atoms with E-state index in [1.165, 1.54) is 17.4 Å². The van der Waals surface area contributed by atoms with Crippen LogP contribution in [0.3, 0.4) is 0 Å². The van der Waals surface area contributed by atoms with Gasteiger partial charge in [0.1, 0.15) is 11.5 Å². The maximum atomic E-state index is 13.7. The maximum absolute atomic E-state index is 13.7. The fourth-order valence-corrected chi connectivity index (χ4v) is 3.17. The van der Waals surface area contributed by atoms with Gasteiger partial charge in [-0.3, -0.25) is 4.79 Å². The molecule has 1 amide bonds. The van der Waals surface area contributed by atoms with Gasteiger partial charge in [-0.25, -0.2) is 9.37 Å². The van der Waals surface area contributed by atoms with Crippen molar-refractivity contribution in [2.24, 2.45) is 5.73 Å². The van der Waals surface area contributed by atoms with Crippen molar-refractivity contribution in [1.29, 1.82) is 0 Å². The number of carbonyl (C=O) groups is 1. The lowest BCUT2D eigenvalue weighted by molar-refractivity contribution is 0.0890. The summed E-state index contributed by atoms with van der Waals surface area (Å²) in [5.41, 5.74) is 6.35. The minimum absolute atomic E-state index is 0. The molecule has 25 heavy (non-hydrogen) atoms. The van der Waals surface area contributed by atoms with Crippen molar-refractivity contribution in [3.05, 3.63) is 51.7 Å². The van der Waals surface area contributed by atoms with Crippen LogP contribution in [-0.2, 0) is 6.42 Å². The van der Waals surface area contributed by atoms with Crippen LogP contribution in [0.5, 0.6) is 0 Å². The van der Waals surface area contributed by atoms with E-state index in [-0.39, 0.29) is 36.5 Å². The molecule has 1 aromatic carbocycles. The predicted octanol–water partition coefficient (Wildman–Crippen LogP) is 3.96. The second-order valence-electron chi connectivity index (χ2n) is 5.54. The van der Waals surface area contributed by atoms with E-state index in [2.05, 4.69) is 10.3 Å². The molecular weight excluding hydrogens is 384 g/mol. The summed E-state index contributed by atoms with van der Waals surface area (Å²) in [4.78, 5) is 16.7. The lowest BCUT2D eigenvalue weighted by Gasteiger charge is -2.31. The Morgan fingerprint density at radius 1 is 1.28 bits per heavy atom. The highest BCUT2D eigenvalue weighted by Gasteiger charge is 2.27. The molecule has 8 heteroatoms. The number of amides is 1. The number of thiazole rings is 1. The lowest BCUT2D eigenvalue weighted by Crippen LogP contribution is -2.52. The number of nitrogens with zero attached hydrogens (tertiary/aromatic N) is 1. The minimum Gasteiger partial charge on any atom is -0.344 e. The predicted molar refractivity (Wildman–Crippen MR) is 106 cm³/mol. The Labute approximate surface area is 164 Å². The molecule has 2 rings (SSSR count). The van der Waals surface area contributed by atoms with Crippen LogP contribution in [0.1, 0.15) is 47.7 Å². The second-order valence-corrected chi connectivity index (χ2v) is 6.48. The number of hydrogen-bond donors (Lipinski definition) is 2. The molecular formula is C17H24Cl2FN3OS. The van der Waals surface area contributed by atoms with Crippen LogP contribution in [0.4, 0.5) is 4.39 Å².